The molecule has 1 saturated heterocycles. The summed E-state index contributed by atoms with van der Waals surface area (Å²) in [6.07, 6.45) is 4.99. The lowest BCUT2D eigenvalue weighted by molar-refractivity contribution is -0.142. The van der Waals surface area contributed by atoms with Crippen molar-refractivity contribution in [2.45, 2.75) is 141 Å². The van der Waals surface area contributed by atoms with Gasteiger partial charge in [0.05, 0.1) is 23.8 Å². The Hall–Kier alpha value is -4.11. The van der Waals surface area contributed by atoms with Gasteiger partial charge in [-0.25, -0.2) is 14.0 Å². The van der Waals surface area contributed by atoms with Crippen LogP contribution in [0.2, 0.25) is 0 Å². The molecule has 4 aliphatic rings. The standard InChI is InChI=1S/C39H55N5O9S/c1-10-25-21-39(25,23(2)43-54(48,49)53-38(9)16-17-38)42-32(45)30-20-28(22-44(30)34(46)31(36(3,4)5)41-35(47)52-37(6,7)8)51-33-29-14-13-27(50-26-11-12-26)19-24(29)15-18-40-33/h13-15,18-19,25-26,28,30-31,43H,2,10-12,16-17,20-22H2,1,3-9H3,(H,41,47)(H,42,45)/t25-,28-,30+,31-,39+/m1/s1. The van der Waals surface area contributed by atoms with Crippen LogP contribution < -0.4 is 24.8 Å². The molecule has 0 radical (unpaired) electrons. The Labute approximate surface area is 318 Å². The molecule has 15 heteroatoms. The lowest BCUT2D eigenvalue weighted by atomic mass is 9.85. The van der Waals surface area contributed by atoms with E-state index in [1.807, 2.05) is 52.0 Å². The minimum absolute atomic E-state index is 0.0185. The molecule has 3 aliphatic carbocycles. The number of nitrogens with one attached hydrogen (secondary N) is 3. The van der Waals surface area contributed by atoms with E-state index in [0.717, 1.165) is 29.4 Å². The van der Waals surface area contributed by atoms with Crippen LogP contribution in [-0.4, -0.2) is 83.8 Å². The Morgan fingerprint density at radius 2 is 1.76 bits per heavy atom. The summed E-state index contributed by atoms with van der Waals surface area (Å²) in [5, 5.41) is 7.45. The van der Waals surface area contributed by atoms with Gasteiger partial charge in [0, 0.05) is 23.7 Å². The average Bonchev–Trinajstić information content (AvgIpc) is 4.01. The fourth-order valence-electron chi connectivity index (χ4n) is 6.96. The molecule has 54 heavy (non-hydrogen) atoms. The predicted molar refractivity (Wildman–Crippen MR) is 202 cm³/mol. The fraction of sp³-hybridized carbons (Fsp3) is 0.641. The molecule has 0 unspecified atom stereocenters. The number of fused-ring (bicyclic) bond motifs is 1. The zero-order chi connectivity index (χ0) is 39.4. The zero-order valence-electron chi connectivity index (χ0n) is 32.6. The van der Waals surface area contributed by atoms with Crippen molar-refractivity contribution >= 4 is 39.0 Å². The number of hydrogen-bond donors (Lipinski definition) is 3. The van der Waals surface area contributed by atoms with Crippen LogP contribution in [-0.2, 0) is 28.8 Å². The number of pyridine rings is 1. The van der Waals surface area contributed by atoms with Gasteiger partial charge in [0.25, 0.3) is 0 Å². The lowest BCUT2D eigenvalue weighted by Gasteiger charge is -2.36. The third kappa shape index (κ3) is 9.22. The van der Waals surface area contributed by atoms with Crippen molar-refractivity contribution in [3.8, 4) is 11.6 Å². The minimum atomic E-state index is -4.20. The minimum Gasteiger partial charge on any atom is -0.490 e. The van der Waals surface area contributed by atoms with Crippen LogP contribution in [0, 0.1) is 11.3 Å². The maximum atomic E-state index is 14.6. The second kappa shape index (κ2) is 14.2. The van der Waals surface area contributed by atoms with Gasteiger partial charge in [-0.2, -0.15) is 8.42 Å². The third-order valence-electron chi connectivity index (χ3n) is 10.4. The molecule has 3 amide bonds. The molecule has 0 spiro atoms. The van der Waals surface area contributed by atoms with E-state index in [9.17, 15) is 22.8 Å². The quantitative estimate of drug-likeness (QED) is 0.230. The van der Waals surface area contributed by atoms with Gasteiger partial charge in [0.15, 0.2) is 0 Å². The first kappa shape index (κ1) is 39.6. The Morgan fingerprint density at radius 3 is 2.35 bits per heavy atom. The van der Waals surface area contributed by atoms with Crippen LogP contribution in [0.25, 0.3) is 10.8 Å². The molecular weight excluding hydrogens is 715 g/mol. The van der Waals surface area contributed by atoms with Crippen molar-refractivity contribution in [2.24, 2.45) is 11.3 Å². The van der Waals surface area contributed by atoms with Gasteiger partial charge >= 0.3 is 16.4 Å². The number of amides is 3. The monoisotopic (exact) mass is 769 g/mol. The van der Waals surface area contributed by atoms with Gasteiger partial charge in [-0.05, 0) is 101 Å². The van der Waals surface area contributed by atoms with E-state index in [0.29, 0.717) is 31.6 Å². The van der Waals surface area contributed by atoms with E-state index in [4.69, 9.17) is 18.4 Å². The number of rotatable bonds is 14. The van der Waals surface area contributed by atoms with E-state index in [1.165, 1.54) is 4.90 Å². The van der Waals surface area contributed by atoms with Gasteiger partial charge in [-0.15, -0.1) is 0 Å². The highest BCUT2D eigenvalue weighted by Crippen LogP contribution is 2.50. The Balaban J connectivity index is 1.26. The number of likely N-dealkylation sites (tertiary alicyclic amines) is 1. The van der Waals surface area contributed by atoms with Crippen LogP contribution in [0.4, 0.5) is 4.79 Å². The highest BCUT2D eigenvalue weighted by Gasteiger charge is 2.59. The van der Waals surface area contributed by atoms with Crippen LogP contribution in [0.1, 0.15) is 100 Å². The van der Waals surface area contributed by atoms with Crippen molar-refractivity contribution in [1.29, 1.82) is 0 Å². The summed E-state index contributed by atoms with van der Waals surface area (Å²) in [7, 11) is -4.20. The van der Waals surface area contributed by atoms with E-state index >= 15 is 0 Å². The smallest absolute Gasteiger partial charge is 0.408 e. The number of ether oxygens (including phenoxy) is 3. The van der Waals surface area contributed by atoms with Crippen LogP contribution in [0.15, 0.2) is 42.7 Å². The molecule has 296 valence electrons. The van der Waals surface area contributed by atoms with Gasteiger partial charge in [0.1, 0.15) is 29.5 Å². The van der Waals surface area contributed by atoms with Gasteiger partial charge in [0.2, 0.25) is 17.7 Å². The van der Waals surface area contributed by atoms with E-state index in [2.05, 4.69) is 26.9 Å². The number of nitrogens with zero attached hydrogens (tertiary/aromatic N) is 2. The third-order valence-corrected chi connectivity index (χ3v) is 11.5. The van der Waals surface area contributed by atoms with Crippen molar-refractivity contribution in [2.75, 3.05) is 6.54 Å². The maximum Gasteiger partial charge on any atom is 0.408 e. The maximum absolute atomic E-state index is 14.6. The van der Waals surface area contributed by atoms with Gasteiger partial charge in [-0.1, -0.05) is 40.7 Å². The highest BCUT2D eigenvalue weighted by molar-refractivity contribution is 7.84. The van der Waals surface area contributed by atoms with Crippen LogP contribution in [0.5, 0.6) is 11.6 Å². The molecule has 3 N–H and O–H groups in total. The largest absolute Gasteiger partial charge is 0.490 e. The Bertz CT molecular complexity index is 1910. The lowest BCUT2D eigenvalue weighted by Crippen LogP contribution is -2.59. The zero-order valence-corrected chi connectivity index (χ0v) is 33.4. The molecule has 4 fully saturated rings. The molecule has 5 atom stereocenters. The number of carbonyl (C=O) groups excluding carboxylic acids is 3. The number of hydrogen-bond acceptors (Lipinski definition) is 10. The van der Waals surface area contributed by atoms with Crippen molar-refractivity contribution in [1.82, 2.24) is 25.2 Å². The first-order valence-electron chi connectivity index (χ1n) is 18.9. The number of aromatic nitrogens is 1. The Morgan fingerprint density at radius 1 is 1.06 bits per heavy atom. The van der Waals surface area contributed by atoms with E-state index in [1.54, 1.807) is 33.9 Å². The summed E-state index contributed by atoms with van der Waals surface area (Å²) >= 11 is 0. The summed E-state index contributed by atoms with van der Waals surface area (Å²) < 4.78 is 51.7. The van der Waals surface area contributed by atoms with Crippen LogP contribution in [0.3, 0.4) is 0 Å². The van der Waals surface area contributed by atoms with Crippen molar-refractivity contribution in [3.05, 3.63) is 42.7 Å². The predicted octanol–water partition coefficient (Wildman–Crippen LogP) is 5.27. The van der Waals surface area contributed by atoms with Crippen LogP contribution >= 0.6 is 0 Å². The molecule has 2 heterocycles. The number of carbonyl (C=O) groups is 3. The summed E-state index contributed by atoms with van der Waals surface area (Å²) in [5.41, 5.74) is -3.32. The first-order valence-corrected chi connectivity index (χ1v) is 20.3. The molecular formula is C39H55N5O9S. The summed E-state index contributed by atoms with van der Waals surface area (Å²) in [5.74, 6) is 0.0165. The SMILES string of the molecule is C=C(NS(=O)(=O)OC1(C)CC1)[C@@]1(NC(=O)[C@@H]2C[C@@H](Oc3nccc4cc(OC5CC5)ccc34)CN2C(=O)[C@@H](NC(=O)OC(C)(C)C)C(C)(C)C)C[C@H]1CC. The molecule has 3 saturated carbocycles. The molecule has 6 rings (SSSR count). The molecule has 0 bridgehead atoms. The molecule has 1 aromatic carbocycles. The summed E-state index contributed by atoms with van der Waals surface area (Å²) in [4.78, 5) is 48.0. The van der Waals surface area contributed by atoms with Crippen molar-refractivity contribution < 1.29 is 41.2 Å². The second-order valence-electron chi connectivity index (χ2n) is 17.6. The molecule has 1 aliphatic heterocycles. The van der Waals surface area contributed by atoms with Gasteiger partial charge in [-0.3, -0.25) is 14.3 Å². The van der Waals surface area contributed by atoms with Crippen molar-refractivity contribution in [3.63, 3.8) is 0 Å². The van der Waals surface area contributed by atoms with Gasteiger partial charge < -0.3 is 29.7 Å². The average molecular weight is 770 g/mol. The molecule has 2 aromatic rings. The van der Waals surface area contributed by atoms with E-state index < -0.39 is 68.6 Å². The summed E-state index contributed by atoms with van der Waals surface area (Å²) in [6, 6.07) is 5.47. The topological polar surface area (TPSA) is 174 Å². The highest BCUT2D eigenvalue weighted by atomic mass is 32.2. The first-order chi connectivity index (χ1) is 25.1. The number of alkyl carbamates (subject to hydrolysis) is 1. The number of benzene rings is 1. The normalized spacial score (nSPS) is 25.3. The Kier molecular flexibility index (Phi) is 10.4. The van der Waals surface area contributed by atoms with E-state index in [-0.39, 0.29) is 30.7 Å². The molecule has 1 aromatic heterocycles. The fourth-order valence-corrected chi connectivity index (χ4v) is 8.18. The second-order valence-corrected chi connectivity index (χ2v) is 18.9. The summed E-state index contributed by atoms with van der Waals surface area (Å²) in [6.45, 7) is 18.4. The molecule has 14 nitrogen and oxygen atoms in total.